The standard InChI is InChI=1S/C14H13BrN2O2S/c1-9(18)10-2-4-11(5-3-10)17-14(19)16-8-13-12(15)6-7-20-13/h2-7H,8H2,1H3,(H2,16,17,19). The van der Waals surface area contributed by atoms with E-state index in [4.69, 9.17) is 0 Å². The van der Waals surface area contributed by atoms with Crippen LogP contribution in [-0.4, -0.2) is 11.8 Å². The highest BCUT2D eigenvalue weighted by Gasteiger charge is 2.05. The van der Waals surface area contributed by atoms with Gasteiger partial charge in [-0.1, -0.05) is 0 Å². The lowest BCUT2D eigenvalue weighted by atomic mass is 10.1. The Balaban J connectivity index is 1.88. The summed E-state index contributed by atoms with van der Waals surface area (Å²) in [6.45, 7) is 1.98. The van der Waals surface area contributed by atoms with Crippen molar-refractivity contribution in [2.75, 3.05) is 5.32 Å². The first-order valence-electron chi connectivity index (χ1n) is 5.94. The van der Waals surface area contributed by atoms with E-state index in [1.165, 1.54) is 6.92 Å². The third kappa shape index (κ3) is 3.91. The zero-order valence-corrected chi connectivity index (χ0v) is 13.2. The molecule has 0 atom stereocenters. The quantitative estimate of drug-likeness (QED) is 0.816. The lowest BCUT2D eigenvalue weighted by Crippen LogP contribution is -2.27. The molecule has 0 aliphatic heterocycles. The molecule has 6 heteroatoms. The van der Waals surface area contributed by atoms with E-state index < -0.39 is 0 Å². The number of ketones is 1. The van der Waals surface area contributed by atoms with Gasteiger partial charge in [0.05, 0.1) is 6.54 Å². The van der Waals surface area contributed by atoms with Crippen LogP contribution in [0, 0.1) is 0 Å². The van der Waals surface area contributed by atoms with Gasteiger partial charge in [0.15, 0.2) is 5.78 Å². The third-order valence-corrected chi connectivity index (χ3v) is 4.58. The summed E-state index contributed by atoms with van der Waals surface area (Å²) >= 11 is 4.99. The number of halogens is 1. The molecule has 1 heterocycles. The van der Waals surface area contributed by atoms with Crippen molar-refractivity contribution < 1.29 is 9.59 Å². The Morgan fingerprint density at radius 2 is 1.90 bits per heavy atom. The number of benzene rings is 1. The number of rotatable bonds is 4. The van der Waals surface area contributed by atoms with Crippen LogP contribution in [0.1, 0.15) is 22.2 Å². The van der Waals surface area contributed by atoms with Gasteiger partial charge < -0.3 is 10.6 Å². The second kappa shape index (κ2) is 6.67. The monoisotopic (exact) mass is 352 g/mol. The van der Waals surface area contributed by atoms with Crippen molar-refractivity contribution in [3.05, 3.63) is 50.6 Å². The van der Waals surface area contributed by atoms with Gasteiger partial charge in [0, 0.05) is 20.6 Å². The molecule has 0 radical (unpaired) electrons. The lowest BCUT2D eigenvalue weighted by molar-refractivity contribution is 0.101. The van der Waals surface area contributed by atoms with Crippen LogP contribution in [0.3, 0.4) is 0 Å². The molecular weight excluding hydrogens is 340 g/mol. The Bertz CT molecular complexity index is 622. The number of hydrogen-bond acceptors (Lipinski definition) is 3. The second-order valence-corrected chi connectivity index (χ2v) is 5.99. The third-order valence-electron chi connectivity index (χ3n) is 2.65. The highest BCUT2D eigenvalue weighted by Crippen LogP contribution is 2.22. The number of thiophene rings is 1. The molecule has 0 aliphatic rings. The topological polar surface area (TPSA) is 58.2 Å². The van der Waals surface area contributed by atoms with Crippen LogP contribution >= 0.6 is 27.3 Å². The molecule has 4 nitrogen and oxygen atoms in total. The molecule has 0 saturated carbocycles. The van der Waals surface area contributed by atoms with E-state index in [-0.39, 0.29) is 11.8 Å². The molecule has 0 fully saturated rings. The van der Waals surface area contributed by atoms with Crippen molar-refractivity contribution in [2.45, 2.75) is 13.5 Å². The number of anilines is 1. The molecule has 2 rings (SSSR count). The number of carbonyl (C=O) groups is 2. The smallest absolute Gasteiger partial charge is 0.319 e. The van der Waals surface area contributed by atoms with E-state index in [0.717, 1.165) is 9.35 Å². The van der Waals surface area contributed by atoms with Crippen molar-refractivity contribution in [1.82, 2.24) is 5.32 Å². The fraction of sp³-hybridized carbons (Fsp3) is 0.143. The van der Waals surface area contributed by atoms with Gasteiger partial charge >= 0.3 is 6.03 Å². The first kappa shape index (κ1) is 14.7. The molecule has 1 aromatic carbocycles. The van der Waals surface area contributed by atoms with E-state index >= 15 is 0 Å². The minimum Gasteiger partial charge on any atom is -0.333 e. The predicted molar refractivity (Wildman–Crippen MR) is 84.3 cm³/mol. The Morgan fingerprint density at radius 3 is 2.45 bits per heavy atom. The maximum Gasteiger partial charge on any atom is 0.319 e. The number of amides is 2. The van der Waals surface area contributed by atoms with Gasteiger partial charge in [-0.05, 0) is 58.6 Å². The summed E-state index contributed by atoms with van der Waals surface area (Å²) < 4.78 is 0.994. The Morgan fingerprint density at radius 1 is 1.20 bits per heavy atom. The van der Waals surface area contributed by atoms with Gasteiger partial charge in [-0.15, -0.1) is 11.3 Å². The summed E-state index contributed by atoms with van der Waals surface area (Å²) in [5.41, 5.74) is 1.27. The summed E-state index contributed by atoms with van der Waals surface area (Å²) in [4.78, 5) is 23.9. The van der Waals surface area contributed by atoms with Crippen LogP contribution in [0.25, 0.3) is 0 Å². The summed E-state index contributed by atoms with van der Waals surface area (Å²) in [6, 6.07) is 8.46. The van der Waals surface area contributed by atoms with Crippen molar-refractivity contribution in [2.24, 2.45) is 0 Å². The van der Waals surface area contributed by atoms with Crippen LogP contribution in [0.4, 0.5) is 10.5 Å². The van der Waals surface area contributed by atoms with E-state index in [1.54, 1.807) is 35.6 Å². The largest absolute Gasteiger partial charge is 0.333 e. The van der Waals surface area contributed by atoms with Gasteiger partial charge in [0.2, 0.25) is 0 Å². The fourth-order valence-electron chi connectivity index (χ4n) is 1.58. The number of nitrogens with one attached hydrogen (secondary N) is 2. The second-order valence-electron chi connectivity index (χ2n) is 4.13. The van der Waals surface area contributed by atoms with Gasteiger partial charge in [-0.3, -0.25) is 4.79 Å². The average Bonchev–Trinajstić information content (AvgIpc) is 2.82. The zero-order valence-electron chi connectivity index (χ0n) is 10.8. The molecule has 2 amide bonds. The zero-order chi connectivity index (χ0) is 14.5. The first-order chi connectivity index (χ1) is 9.56. The van der Waals surface area contributed by atoms with E-state index in [9.17, 15) is 9.59 Å². The summed E-state index contributed by atoms with van der Waals surface area (Å²) in [7, 11) is 0. The summed E-state index contributed by atoms with van der Waals surface area (Å²) in [5, 5.41) is 7.45. The Labute approximate surface area is 129 Å². The normalized spacial score (nSPS) is 10.1. The minimum atomic E-state index is -0.277. The molecule has 104 valence electrons. The number of urea groups is 1. The van der Waals surface area contributed by atoms with Gasteiger partial charge in [0.1, 0.15) is 0 Å². The molecule has 0 spiro atoms. The molecule has 20 heavy (non-hydrogen) atoms. The van der Waals surface area contributed by atoms with E-state index in [2.05, 4.69) is 26.6 Å². The summed E-state index contributed by atoms with van der Waals surface area (Å²) in [6.07, 6.45) is 0. The van der Waals surface area contributed by atoms with E-state index in [0.29, 0.717) is 17.8 Å². The average molecular weight is 353 g/mol. The predicted octanol–water partition coefficient (Wildman–Crippen LogP) is 4.03. The highest BCUT2D eigenvalue weighted by molar-refractivity contribution is 9.10. The van der Waals surface area contributed by atoms with Gasteiger partial charge in [-0.2, -0.15) is 0 Å². The van der Waals surface area contributed by atoms with Crippen LogP contribution in [-0.2, 0) is 6.54 Å². The summed E-state index contributed by atoms with van der Waals surface area (Å²) in [5.74, 6) is 0.00328. The Kier molecular flexibility index (Phi) is 4.92. The number of hydrogen-bond donors (Lipinski definition) is 2. The molecule has 2 aromatic rings. The van der Waals surface area contributed by atoms with Crippen LogP contribution in [0.2, 0.25) is 0 Å². The molecule has 0 unspecified atom stereocenters. The lowest BCUT2D eigenvalue weighted by Gasteiger charge is -2.07. The van der Waals surface area contributed by atoms with Crippen LogP contribution in [0.5, 0.6) is 0 Å². The van der Waals surface area contributed by atoms with Crippen LogP contribution in [0.15, 0.2) is 40.2 Å². The highest BCUT2D eigenvalue weighted by atomic mass is 79.9. The molecular formula is C14H13BrN2O2S. The fourth-order valence-corrected chi connectivity index (χ4v) is 3.01. The molecule has 1 aromatic heterocycles. The van der Waals surface area contributed by atoms with Crippen molar-refractivity contribution >= 4 is 44.8 Å². The Hall–Kier alpha value is -1.66. The SMILES string of the molecule is CC(=O)c1ccc(NC(=O)NCc2sccc2Br)cc1. The van der Waals surface area contributed by atoms with Crippen LogP contribution < -0.4 is 10.6 Å². The van der Waals surface area contributed by atoms with Crippen molar-refractivity contribution in [1.29, 1.82) is 0 Å². The molecule has 0 saturated heterocycles. The van der Waals surface area contributed by atoms with Crippen molar-refractivity contribution in [3.8, 4) is 0 Å². The maximum atomic E-state index is 11.7. The maximum absolute atomic E-state index is 11.7. The number of Topliss-reactive ketones (excluding diaryl/α,β-unsaturated/α-hetero) is 1. The van der Waals surface area contributed by atoms with E-state index in [1.807, 2.05) is 11.4 Å². The number of carbonyl (C=O) groups excluding carboxylic acids is 2. The molecule has 0 aliphatic carbocycles. The van der Waals surface area contributed by atoms with Gasteiger partial charge in [0.25, 0.3) is 0 Å². The van der Waals surface area contributed by atoms with Gasteiger partial charge in [-0.25, -0.2) is 4.79 Å². The minimum absolute atomic E-state index is 0.00328. The van der Waals surface area contributed by atoms with Crippen molar-refractivity contribution in [3.63, 3.8) is 0 Å². The molecule has 2 N–H and O–H groups in total. The first-order valence-corrected chi connectivity index (χ1v) is 7.61. The molecule has 0 bridgehead atoms.